The largest absolute Gasteiger partial charge is 0.467 e. The van der Waals surface area contributed by atoms with Crippen molar-refractivity contribution in [2.45, 2.75) is 13.0 Å². The van der Waals surface area contributed by atoms with Gasteiger partial charge >= 0.3 is 5.97 Å². The van der Waals surface area contributed by atoms with E-state index < -0.39 is 23.7 Å². The summed E-state index contributed by atoms with van der Waals surface area (Å²) in [6, 6.07) is 3.23. The fourth-order valence-electron chi connectivity index (χ4n) is 1.84. The van der Waals surface area contributed by atoms with Crippen LogP contribution in [-0.2, 0) is 9.53 Å². The standard InChI is InChI=1S/C14H13ClFN3O3/c1-7(14(21)22-2)18-13(20)9-6-17-19-12(9)8-3-4-11(16)10(15)5-8/h3-7H,1-2H3,(H,17,19)(H,18,20)/t7-/m0/s1. The van der Waals surface area contributed by atoms with E-state index in [1.54, 1.807) is 0 Å². The third kappa shape index (κ3) is 3.25. The Morgan fingerprint density at radius 3 is 2.82 bits per heavy atom. The van der Waals surface area contributed by atoms with Gasteiger partial charge in [0.1, 0.15) is 11.9 Å². The first-order valence-corrected chi connectivity index (χ1v) is 6.69. The first kappa shape index (κ1) is 16.0. The van der Waals surface area contributed by atoms with Crippen LogP contribution in [0.15, 0.2) is 24.4 Å². The van der Waals surface area contributed by atoms with E-state index in [9.17, 15) is 14.0 Å². The van der Waals surface area contributed by atoms with Crippen LogP contribution in [0.1, 0.15) is 17.3 Å². The SMILES string of the molecule is COC(=O)[C@H](C)NC(=O)c1cn[nH]c1-c1ccc(F)c(Cl)c1. The van der Waals surface area contributed by atoms with Gasteiger partial charge in [-0.3, -0.25) is 9.89 Å². The molecule has 0 aliphatic rings. The van der Waals surface area contributed by atoms with E-state index in [0.717, 1.165) is 0 Å². The predicted octanol–water partition coefficient (Wildman–Crippen LogP) is 2.16. The first-order chi connectivity index (χ1) is 10.4. The lowest BCUT2D eigenvalue weighted by atomic mass is 10.1. The molecule has 0 spiro atoms. The molecular formula is C14H13ClFN3O3. The lowest BCUT2D eigenvalue weighted by Crippen LogP contribution is -2.39. The zero-order valence-corrected chi connectivity index (χ0v) is 12.6. The zero-order chi connectivity index (χ0) is 16.3. The van der Waals surface area contributed by atoms with E-state index in [1.165, 1.54) is 38.4 Å². The molecule has 1 amide bonds. The Labute approximate surface area is 130 Å². The second-order valence-corrected chi connectivity index (χ2v) is 4.91. The number of hydrogen-bond donors (Lipinski definition) is 2. The molecule has 0 unspecified atom stereocenters. The molecule has 1 aromatic heterocycles. The van der Waals surface area contributed by atoms with Crippen LogP contribution < -0.4 is 5.32 Å². The smallest absolute Gasteiger partial charge is 0.328 e. The van der Waals surface area contributed by atoms with Gasteiger partial charge in [0.25, 0.3) is 5.91 Å². The highest BCUT2D eigenvalue weighted by atomic mass is 35.5. The van der Waals surface area contributed by atoms with Crippen LogP contribution in [0, 0.1) is 5.82 Å². The molecule has 0 saturated carbocycles. The molecule has 0 fully saturated rings. The van der Waals surface area contributed by atoms with Crippen LogP contribution >= 0.6 is 11.6 Å². The van der Waals surface area contributed by atoms with Crippen molar-refractivity contribution in [2.24, 2.45) is 0 Å². The lowest BCUT2D eigenvalue weighted by Gasteiger charge is -2.11. The van der Waals surface area contributed by atoms with Crippen LogP contribution in [-0.4, -0.2) is 35.2 Å². The van der Waals surface area contributed by atoms with Gasteiger partial charge in [-0.1, -0.05) is 11.6 Å². The Hall–Kier alpha value is -2.41. The lowest BCUT2D eigenvalue weighted by molar-refractivity contribution is -0.142. The minimum atomic E-state index is -0.808. The van der Waals surface area contributed by atoms with E-state index in [0.29, 0.717) is 11.3 Å². The van der Waals surface area contributed by atoms with Gasteiger partial charge in [0.2, 0.25) is 0 Å². The van der Waals surface area contributed by atoms with Crippen molar-refractivity contribution in [1.29, 1.82) is 0 Å². The van der Waals surface area contributed by atoms with E-state index in [2.05, 4.69) is 20.3 Å². The molecule has 8 heteroatoms. The third-order valence-electron chi connectivity index (χ3n) is 2.99. The molecule has 22 heavy (non-hydrogen) atoms. The van der Waals surface area contributed by atoms with E-state index >= 15 is 0 Å². The van der Waals surface area contributed by atoms with Gasteiger partial charge < -0.3 is 10.1 Å². The maximum absolute atomic E-state index is 13.2. The van der Waals surface area contributed by atoms with Gasteiger partial charge in [0.15, 0.2) is 0 Å². The molecule has 2 N–H and O–H groups in total. The molecular weight excluding hydrogens is 313 g/mol. The van der Waals surface area contributed by atoms with Crippen molar-refractivity contribution in [3.05, 3.63) is 40.8 Å². The number of aromatic nitrogens is 2. The molecule has 0 bridgehead atoms. The minimum Gasteiger partial charge on any atom is -0.467 e. The van der Waals surface area contributed by atoms with E-state index in [-0.39, 0.29) is 10.6 Å². The number of H-pyrrole nitrogens is 1. The van der Waals surface area contributed by atoms with Crippen LogP contribution in [0.3, 0.4) is 0 Å². The average molecular weight is 326 g/mol. The Morgan fingerprint density at radius 2 is 2.18 bits per heavy atom. The number of methoxy groups -OCH3 is 1. The molecule has 1 atom stereocenters. The van der Waals surface area contributed by atoms with Gasteiger partial charge in [-0.05, 0) is 25.1 Å². The van der Waals surface area contributed by atoms with Crippen LogP contribution in [0.5, 0.6) is 0 Å². The summed E-state index contributed by atoms with van der Waals surface area (Å²) in [6.45, 7) is 1.50. The van der Waals surface area contributed by atoms with Crippen molar-refractivity contribution < 1.29 is 18.7 Å². The summed E-state index contributed by atoms with van der Waals surface area (Å²) in [4.78, 5) is 23.5. The van der Waals surface area contributed by atoms with Crippen LogP contribution in [0.4, 0.5) is 4.39 Å². The number of nitrogens with zero attached hydrogens (tertiary/aromatic N) is 1. The highest BCUT2D eigenvalue weighted by molar-refractivity contribution is 6.31. The quantitative estimate of drug-likeness (QED) is 0.844. The number of carbonyl (C=O) groups is 2. The fourth-order valence-corrected chi connectivity index (χ4v) is 2.02. The molecule has 0 saturated heterocycles. The Kier molecular flexibility index (Phi) is 4.77. The van der Waals surface area contributed by atoms with Gasteiger partial charge in [0.05, 0.1) is 29.6 Å². The number of nitrogens with one attached hydrogen (secondary N) is 2. The number of carbonyl (C=O) groups excluding carboxylic acids is 2. The normalized spacial score (nSPS) is 11.8. The van der Waals surface area contributed by atoms with Crippen molar-refractivity contribution in [3.8, 4) is 11.3 Å². The van der Waals surface area contributed by atoms with Crippen molar-refractivity contribution in [3.63, 3.8) is 0 Å². The molecule has 1 aromatic carbocycles. The highest BCUT2D eigenvalue weighted by Gasteiger charge is 2.21. The fraction of sp³-hybridized carbons (Fsp3) is 0.214. The monoisotopic (exact) mass is 325 g/mol. The predicted molar refractivity (Wildman–Crippen MR) is 77.9 cm³/mol. The number of esters is 1. The van der Waals surface area contributed by atoms with Crippen molar-refractivity contribution in [2.75, 3.05) is 7.11 Å². The topological polar surface area (TPSA) is 84.1 Å². The zero-order valence-electron chi connectivity index (χ0n) is 11.8. The highest BCUT2D eigenvalue weighted by Crippen LogP contribution is 2.25. The number of aromatic amines is 1. The summed E-state index contributed by atoms with van der Waals surface area (Å²) < 4.78 is 17.7. The molecule has 1 heterocycles. The summed E-state index contributed by atoms with van der Waals surface area (Å²) in [5, 5.41) is 8.88. The number of amides is 1. The van der Waals surface area contributed by atoms with Gasteiger partial charge in [-0.2, -0.15) is 5.10 Å². The second kappa shape index (κ2) is 6.57. The summed E-state index contributed by atoms with van der Waals surface area (Å²) in [5.74, 6) is -1.64. The average Bonchev–Trinajstić information content (AvgIpc) is 2.98. The van der Waals surface area contributed by atoms with Crippen molar-refractivity contribution >= 4 is 23.5 Å². The molecule has 0 radical (unpaired) electrons. The molecule has 116 valence electrons. The minimum absolute atomic E-state index is 0.0682. The molecule has 0 aliphatic carbocycles. The van der Waals surface area contributed by atoms with Crippen molar-refractivity contribution in [1.82, 2.24) is 15.5 Å². The van der Waals surface area contributed by atoms with Gasteiger partial charge in [-0.25, -0.2) is 9.18 Å². The van der Waals surface area contributed by atoms with Crippen LogP contribution in [0.25, 0.3) is 11.3 Å². The maximum Gasteiger partial charge on any atom is 0.328 e. The number of hydrogen-bond acceptors (Lipinski definition) is 4. The molecule has 0 aliphatic heterocycles. The summed E-state index contributed by atoms with van der Waals surface area (Å²) in [6.07, 6.45) is 1.31. The Morgan fingerprint density at radius 1 is 1.45 bits per heavy atom. The number of halogens is 2. The van der Waals surface area contributed by atoms with Crippen LogP contribution in [0.2, 0.25) is 5.02 Å². The Bertz CT molecular complexity index is 717. The third-order valence-corrected chi connectivity index (χ3v) is 3.28. The van der Waals surface area contributed by atoms with Gasteiger partial charge in [0, 0.05) is 5.56 Å². The second-order valence-electron chi connectivity index (χ2n) is 4.51. The summed E-state index contributed by atoms with van der Waals surface area (Å²) in [5.41, 5.74) is 1.08. The molecule has 2 aromatic rings. The molecule has 6 nitrogen and oxygen atoms in total. The van der Waals surface area contributed by atoms with E-state index in [4.69, 9.17) is 11.6 Å². The van der Waals surface area contributed by atoms with Gasteiger partial charge in [-0.15, -0.1) is 0 Å². The molecule has 2 rings (SSSR count). The number of ether oxygens (including phenoxy) is 1. The summed E-state index contributed by atoms with van der Waals surface area (Å²) in [7, 11) is 1.23. The number of rotatable bonds is 4. The van der Waals surface area contributed by atoms with E-state index in [1.807, 2.05) is 0 Å². The summed E-state index contributed by atoms with van der Waals surface area (Å²) >= 11 is 5.74. The number of benzene rings is 1. The maximum atomic E-state index is 13.2. The first-order valence-electron chi connectivity index (χ1n) is 6.31. The Balaban J connectivity index is 2.27.